The highest BCUT2D eigenvalue weighted by Gasteiger charge is 2.22. The van der Waals surface area contributed by atoms with Crippen molar-refractivity contribution in [3.05, 3.63) is 18.3 Å². The van der Waals surface area contributed by atoms with E-state index in [4.69, 9.17) is 4.74 Å². The Morgan fingerprint density at radius 3 is 3.06 bits per heavy atom. The van der Waals surface area contributed by atoms with Gasteiger partial charge >= 0.3 is 0 Å². The molecule has 0 spiro atoms. The molecule has 0 atom stereocenters. The molecule has 0 saturated carbocycles. The van der Waals surface area contributed by atoms with E-state index in [2.05, 4.69) is 19.9 Å². The first-order chi connectivity index (χ1) is 8.90. The largest absolute Gasteiger partial charge is 0.465 e. The maximum Gasteiger partial charge on any atom is 0.298 e. The summed E-state index contributed by atoms with van der Waals surface area (Å²) in [5.74, 6) is 0. The van der Waals surface area contributed by atoms with Gasteiger partial charge in [-0.05, 0) is 45.0 Å². The summed E-state index contributed by atoms with van der Waals surface area (Å²) in [6.07, 6.45) is 4.02. The fourth-order valence-electron chi connectivity index (χ4n) is 2.53. The number of imidazole rings is 1. The molecule has 18 heavy (non-hydrogen) atoms. The highest BCUT2D eigenvalue weighted by Crippen LogP contribution is 2.29. The molecule has 1 aliphatic heterocycles. The molecule has 5 nitrogen and oxygen atoms in total. The summed E-state index contributed by atoms with van der Waals surface area (Å²) in [5.41, 5.74) is 1.85. The maximum absolute atomic E-state index is 5.67. The Morgan fingerprint density at radius 1 is 1.44 bits per heavy atom. The lowest BCUT2D eigenvalue weighted by molar-refractivity contribution is 0.269. The van der Waals surface area contributed by atoms with Gasteiger partial charge in [0.15, 0.2) is 5.65 Å². The summed E-state index contributed by atoms with van der Waals surface area (Å²) >= 11 is 0. The standard InChI is InChI=1S/C13H18N4O/c1-2-18-13-16-11-4-3-7-15-12(11)17(13)10-5-8-14-9-6-10/h3-4,7,10,14H,2,5-6,8-9H2,1H3. The summed E-state index contributed by atoms with van der Waals surface area (Å²) < 4.78 is 7.83. The highest BCUT2D eigenvalue weighted by molar-refractivity contribution is 5.72. The topological polar surface area (TPSA) is 52.0 Å². The average molecular weight is 246 g/mol. The van der Waals surface area contributed by atoms with Gasteiger partial charge in [0.2, 0.25) is 0 Å². The minimum absolute atomic E-state index is 0.438. The molecular weight excluding hydrogens is 228 g/mol. The van der Waals surface area contributed by atoms with Crippen LogP contribution < -0.4 is 10.1 Å². The number of nitrogens with one attached hydrogen (secondary N) is 1. The lowest BCUT2D eigenvalue weighted by atomic mass is 10.1. The zero-order chi connectivity index (χ0) is 12.4. The third-order valence-corrected chi connectivity index (χ3v) is 3.36. The summed E-state index contributed by atoms with van der Waals surface area (Å²) in [4.78, 5) is 8.99. The number of aromatic nitrogens is 3. The molecule has 1 N–H and O–H groups in total. The van der Waals surface area contributed by atoms with Crippen molar-refractivity contribution in [3.8, 4) is 6.01 Å². The van der Waals surface area contributed by atoms with Gasteiger partial charge in [-0.15, -0.1) is 0 Å². The van der Waals surface area contributed by atoms with Crippen molar-refractivity contribution in [2.45, 2.75) is 25.8 Å². The number of fused-ring (bicyclic) bond motifs is 1. The Morgan fingerprint density at radius 2 is 2.28 bits per heavy atom. The molecule has 0 unspecified atom stereocenters. The van der Waals surface area contributed by atoms with Crippen molar-refractivity contribution in [1.29, 1.82) is 0 Å². The van der Waals surface area contributed by atoms with Gasteiger partial charge in [0.1, 0.15) is 5.52 Å². The number of piperidine rings is 1. The molecule has 0 radical (unpaired) electrons. The highest BCUT2D eigenvalue weighted by atomic mass is 16.5. The normalized spacial score (nSPS) is 17.2. The number of rotatable bonds is 3. The second kappa shape index (κ2) is 4.94. The number of hydrogen-bond acceptors (Lipinski definition) is 4. The summed E-state index contributed by atoms with van der Waals surface area (Å²) in [5, 5.41) is 3.38. The van der Waals surface area contributed by atoms with Crippen LogP contribution in [0.15, 0.2) is 18.3 Å². The molecule has 96 valence electrons. The van der Waals surface area contributed by atoms with Gasteiger partial charge in [-0.3, -0.25) is 4.57 Å². The van der Waals surface area contributed by atoms with Crippen LogP contribution in [0, 0.1) is 0 Å². The SMILES string of the molecule is CCOc1nc2cccnc2n1C1CCNCC1. The van der Waals surface area contributed by atoms with Crippen LogP contribution in [0.5, 0.6) is 6.01 Å². The van der Waals surface area contributed by atoms with Crippen molar-refractivity contribution >= 4 is 11.2 Å². The van der Waals surface area contributed by atoms with Crippen LogP contribution >= 0.6 is 0 Å². The van der Waals surface area contributed by atoms with E-state index in [0.29, 0.717) is 18.7 Å². The summed E-state index contributed by atoms with van der Waals surface area (Å²) in [6, 6.07) is 5.05. The van der Waals surface area contributed by atoms with Gasteiger partial charge in [0.05, 0.1) is 6.61 Å². The van der Waals surface area contributed by atoms with E-state index >= 15 is 0 Å². The van der Waals surface area contributed by atoms with Gasteiger partial charge in [0, 0.05) is 12.2 Å². The molecule has 3 heterocycles. The molecule has 0 aliphatic carbocycles. The van der Waals surface area contributed by atoms with E-state index < -0.39 is 0 Å². The van der Waals surface area contributed by atoms with E-state index in [9.17, 15) is 0 Å². The molecule has 3 rings (SSSR count). The van der Waals surface area contributed by atoms with Crippen LogP contribution in [0.3, 0.4) is 0 Å². The van der Waals surface area contributed by atoms with Crippen LogP contribution in [0.4, 0.5) is 0 Å². The zero-order valence-electron chi connectivity index (χ0n) is 10.6. The number of pyridine rings is 1. The quantitative estimate of drug-likeness (QED) is 0.896. The second-order valence-corrected chi connectivity index (χ2v) is 4.52. The monoisotopic (exact) mass is 246 g/mol. The van der Waals surface area contributed by atoms with Gasteiger partial charge in [-0.1, -0.05) is 0 Å². The van der Waals surface area contributed by atoms with Gasteiger partial charge in [-0.2, -0.15) is 4.98 Å². The van der Waals surface area contributed by atoms with Crippen molar-refractivity contribution in [1.82, 2.24) is 19.9 Å². The smallest absolute Gasteiger partial charge is 0.298 e. The van der Waals surface area contributed by atoms with Crippen LogP contribution in [0.25, 0.3) is 11.2 Å². The van der Waals surface area contributed by atoms with Gasteiger partial charge in [0.25, 0.3) is 6.01 Å². The fraction of sp³-hybridized carbons (Fsp3) is 0.538. The van der Waals surface area contributed by atoms with Crippen molar-refractivity contribution in [2.75, 3.05) is 19.7 Å². The first-order valence-corrected chi connectivity index (χ1v) is 6.56. The van der Waals surface area contributed by atoms with E-state index in [0.717, 1.165) is 37.1 Å². The molecule has 0 bridgehead atoms. The number of ether oxygens (including phenoxy) is 1. The van der Waals surface area contributed by atoms with Crippen LogP contribution in [-0.4, -0.2) is 34.2 Å². The van der Waals surface area contributed by atoms with E-state index in [1.165, 1.54) is 0 Å². The molecule has 0 amide bonds. The molecular formula is C13H18N4O. The average Bonchev–Trinajstić information content (AvgIpc) is 2.78. The minimum Gasteiger partial charge on any atom is -0.465 e. The molecule has 0 aromatic carbocycles. The number of nitrogens with zero attached hydrogens (tertiary/aromatic N) is 3. The van der Waals surface area contributed by atoms with Gasteiger partial charge < -0.3 is 10.1 Å². The van der Waals surface area contributed by atoms with E-state index in [1.807, 2.05) is 25.3 Å². The van der Waals surface area contributed by atoms with Crippen LogP contribution in [0.1, 0.15) is 25.8 Å². The fourth-order valence-corrected chi connectivity index (χ4v) is 2.53. The van der Waals surface area contributed by atoms with Crippen LogP contribution in [-0.2, 0) is 0 Å². The van der Waals surface area contributed by atoms with Gasteiger partial charge in [-0.25, -0.2) is 4.98 Å². The van der Waals surface area contributed by atoms with Crippen molar-refractivity contribution in [3.63, 3.8) is 0 Å². The molecule has 1 saturated heterocycles. The zero-order valence-corrected chi connectivity index (χ0v) is 10.6. The predicted molar refractivity (Wildman–Crippen MR) is 69.8 cm³/mol. The Bertz CT molecular complexity index is 531. The maximum atomic E-state index is 5.67. The summed E-state index contributed by atoms with van der Waals surface area (Å²) in [6.45, 7) is 4.71. The second-order valence-electron chi connectivity index (χ2n) is 4.52. The Hall–Kier alpha value is -1.62. The Kier molecular flexibility index (Phi) is 3.15. The lowest BCUT2D eigenvalue weighted by Crippen LogP contribution is -2.29. The van der Waals surface area contributed by atoms with E-state index in [-0.39, 0.29) is 0 Å². The predicted octanol–water partition coefficient (Wildman–Crippen LogP) is 1.75. The van der Waals surface area contributed by atoms with Crippen LogP contribution in [0.2, 0.25) is 0 Å². The molecule has 2 aromatic heterocycles. The van der Waals surface area contributed by atoms with E-state index in [1.54, 1.807) is 0 Å². The molecule has 2 aromatic rings. The minimum atomic E-state index is 0.438. The van der Waals surface area contributed by atoms with Crippen molar-refractivity contribution in [2.24, 2.45) is 0 Å². The lowest BCUT2D eigenvalue weighted by Gasteiger charge is -2.25. The molecule has 1 fully saturated rings. The Labute approximate surface area is 106 Å². The first-order valence-electron chi connectivity index (χ1n) is 6.56. The Balaban J connectivity index is 2.07. The molecule has 5 heteroatoms. The number of hydrogen-bond donors (Lipinski definition) is 1. The first kappa shape index (κ1) is 11.5. The van der Waals surface area contributed by atoms with Crippen molar-refractivity contribution < 1.29 is 4.74 Å². The summed E-state index contributed by atoms with van der Waals surface area (Å²) in [7, 11) is 0. The molecule has 1 aliphatic rings. The third-order valence-electron chi connectivity index (χ3n) is 3.36. The third kappa shape index (κ3) is 1.95.